The molecule has 162 valence electrons. The number of nitrogens with one attached hydrogen (secondary N) is 1. The van der Waals surface area contributed by atoms with Crippen molar-refractivity contribution in [2.75, 3.05) is 20.2 Å². The van der Waals surface area contributed by atoms with Crippen LogP contribution in [0.25, 0.3) is 0 Å². The summed E-state index contributed by atoms with van der Waals surface area (Å²) in [7, 11) is -2.60. The largest absolute Gasteiger partial charge is 0.468 e. The molecule has 1 aliphatic rings. The van der Waals surface area contributed by atoms with Crippen molar-refractivity contribution in [2.24, 2.45) is 0 Å². The van der Waals surface area contributed by atoms with Crippen LogP contribution in [0.2, 0.25) is 0 Å². The van der Waals surface area contributed by atoms with Crippen LogP contribution in [0.4, 0.5) is 0 Å². The number of carbonyl (C=O) groups excluding carboxylic acids is 2. The Morgan fingerprint density at radius 3 is 2.14 bits per heavy atom. The molecule has 0 aliphatic carbocycles. The van der Waals surface area contributed by atoms with Gasteiger partial charge in [-0.1, -0.05) is 47.6 Å². The molecule has 1 fully saturated rings. The van der Waals surface area contributed by atoms with E-state index in [0.717, 1.165) is 16.7 Å². The van der Waals surface area contributed by atoms with E-state index in [1.54, 1.807) is 6.07 Å². The van der Waals surface area contributed by atoms with Gasteiger partial charge in [0, 0.05) is 6.54 Å². The molecule has 1 amide bonds. The first-order valence-corrected chi connectivity index (χ1v) is 11.4. The Bertz CT molecular complexity index is 891. The van der Waals surface area contributed by atoms with E-state index in [9.17, 15) is 18.0 Å². The second-order valence-corrected chi connectivity index (χ2v) is 10.2. The number of ether oxygens (including phenoxy) is 1. The predicted molar refractivity (Wildman–Crippen MR) is 111 cm³/mol. The maximum atomic E-state index is 13.3. The number of hydrogen-bond donors (Lipinski definition) is 1. The molecule has 0 aromatic heterocycles. The summed E-state index contributed by atoms with van der Waals surface area (Å²) in [5, 5.41) is 2.42. The number of benzene rings is 1. The van der Waals surface area contributed by atoms with Crippen LogP contribution in [-0.2, 0) is 24.3 Å². The van der Waals surface area contributed by atoms with Gasteiger partial charge in [0.2, 0.25) is 15.9 Å². The van der Waals surface area contributed by atoms with E-state index in [-0.39, 0.29) is 35.7 Å². The lowest BCUT2D eigenvalue weighted by Crippen LogP contribution is -2.35. The van der Waals surface area contributed by atoms with Crippen molar-refractivity contribution in [1.29, 1.82) is 0 Å². The third-order valence-electron chi connectivity index (χ3n) is 5.15. The maximum Gasteiger partial charge on any atom is 0.325 e. The number of rotatable bonds is 8. The van der Waals surface area contributed by atoms with Gasteiger partial charge in [-0.3, -0.25) is 9.59 Å². The minimum absolute atomic E-state index is 0.0161. The molecule has 7 nitrogen and oxygen atoms in total. The summed E-state index contributed by atoms with van der Waals surface area (Å²) >= 11 is 0. The molecule has 1 aliphatic heterocycles. The highest BCUT2D eigenvalue weighted by Gasteiger charge is 2.50. The summed E-state index contributed by atoms with van der Waals surface area (Å²) in [5.74, 6) is -0.607. The highest BCUT2D eigenvalue weighted by molar-refractivity contribution is 7.89. The van der Waals surface area contributed by atoms with Crippen molar-refractivity contribution in [1.82, 2.24) is 9.62 Å². The van der Waals surface area contributed by atoms with Gasteiger partial charge in [-0.2, -0.15) is 4.31 Å². The molecule has 0 radical (unpaired) electrons. The van der Waals surface area contributed by atoms with E-state index in [0.29, 0.717) is 0 Å². The smallest absolute Gasteiger partial charge is 0.325 e. The van der Waals surface area contributed by atoms with Gasteiger partial charge < -0.3 is 10.1 Å². The summed E-state index contributed by atoms with van der Waals surface area (Å²) in [4.78, 5) is 23.7. The molecule has 2 atom stereocenters. The van der Waals surface area contributed by atoms with Crippen molar-refractivity contribution in [2.45, 2.75) is 70.2 Å². The Morgan fingerprint density at radius 2 is 1.66 bits per heavy atom. The number of esters is 1. The van der Waals surface area contributed by atoms with Gasteiger partial charge in [-0.25, -0.2) is 8.42 Å². The lowest BCUT2D eigenvalue weighted by atomic mass is 9.83. The second-order valence-electron chi connectivity index (χ2n) is 8.33. The van der Waals surface area contributed by atoms with E-state index in [4.69, 9.17) is 0 Å². The Hall–Kier alpha value is -1.93. The number of carbonyl (C=O) groups is 2. The first-order chi connectivity index (χ1) is 13.4. The van der Waals surface area contributed by atoms with Gasteiger partial charge in [0.05, 0.1) is 12.0 Å². The second kappa shape index (κ2) is 8.83. The summed E-state index contributed by atoms with van der Waals surface area (Å²) in [6.45, 7) is 12.2. The molecule has 0 spiro atoms. The van der Waals surface area contributed by atoms with Gasteiger partial charge in [-0.15, -0.1) is 0 Å². The Kier molecular flexibility index (Phi) is 7.11. The van der Waals surface area contributed by atoms with Crippen molar-refractivity contribution >= 4 is 21.9 Å². The number of nitrogens with zero attached hydrogens (tertiary/aromatic N) is 1. The number of sulfonamides is 1. The van der Waals surface area contributed by atoms with Crippen LogP contribution in [0.5, 0.6) is 0 Å². The molecular weight excluding hydrogens is 392 g/mol. The average molecular weight is 425 g/mol. The van der Waals surface area contributed by atoms with E-state index in [1.165, 1.54) is 11.4 Å². The third kappa shape index (κ3) is 4.80. The Balaban J connectivity index is 2.40. The molecule has 8 heteroatoms. The molecule has 1 saturated heterocycles. The van der Waals surface area contributed by atoms with Crippen molar-refractivity contribution in [3.05, 3.63) is 28.8 Å². The fourth-order valence-corrected chi connectivity index (χ4v) is 5.56. The van der Waals surface area contributed by atoms with E-state index in [1.807, 2.05) is 19.9 Å². The van der Waals surface area contributed by atoms with Gasteiger partial charge >= 0.3 is 5.97 Å². The third-order valence-corrected chi connectivity index (χ3v) is 7.08. The zero-order valence-corrected chi connectivity index (χ0v) is 19.1. The fraction of sp³-hybridized carbons (Fsp3) is 0.619. The van der Waals surface area contributed by atoms with E-state index in [2.05, 4.69) is 37.7 Å². The minimum Gasteiger partial charge on any atom is -0.468 e. The standard InChI is InChI=1S/C21H32N2O5S/c1-12(2)15-8-9-17(20(14(5)6)19(15)13(3)4)29(26,27)23-11-16(23)21(25)22-10-18(24)28-7/h8-9,12-14,16H,10-11H2,1-7H3,(H,22,25). The molecule has 0 bridgehead atoms. The van der Waals surface area contributed by atoms with Gasteiger partial charge in [0.1, 0.15) is 12.6 Å². The maximum absolute atomic E-state index is 13.3. The Labute approximate surface area is 173 Å². The summed E-state index contributed by atoms with van der Waals surface area (Å²) in [6, 6.07) is 2.78. The average Bonchev–Trinajstić information content (AvgIpc) is 3.45. The van der Waals surface area contributed by atoms with Crippen LogP contribution in [0, 0.1) is 0 Å². The van der Waals surface area contributed by atoms with Crippen LogP contribution in [0.3, 0.4) is 0 Å². The molecule has 1 heterocycles. The van der Waals surface area contributed by atoms with Crippen LogP contribution >= 0.6 is 0 Å². The van der Waals surface area contributed by atoms with Crippen LogP contribution in [0.15, 0.2) is 17.0 Å². The zero-order valence-electron chi connectivity index (χ0n) is 18.3. The van der Waals surface area contributed by atoms with Crippen molar-refractivity contribution in [3.8, 4) is 0 Å². The first-order valence-electron chi connectivity index (χ1n) is 9.96. The van der Waals surface area contributed by atoms with Crippen LogP contribution in [-0.4, -0.2) is 50.8 Å². The lowest BCUT2D eigenvalue weighted by molar-refractivity contribution is -0.141. The molecule has 1 N–H and O–H groups in total. The van der Waals surface area contributed by atoms with Crippen molar-refractivity contribution < 1.29 is 22.7 Å². The normalized spacial score (nSPS) is 19.0. The topological polar surface area (TPSA) is 92.5 Å². The molecular formula is C21H32N2O5S. The number of hydrogen-bond acceptors (Lipinski definition) is 5. The fourth-order valence-electron chi connectivity index (χ4n) is 3.68. The predicted octanol–water partition coefficient (Wildman–Crippen LogP) is 2.72. The molecule has 1 aromatic rings. The SMILES string of the molecule is COC(=O)CNC(=O)C1CN1S(=O)(=O)c1ccc(C(C)C)c(C(C)C)c1C(C)C. The zero-order chi connectivity index (χ0) is 22.1. The number of amides is 1. The molecule has 1 aromatic carbocycles. The van der Waals surface area contributed by atoms with Gasteiger partial charge in [0.25, 0.3) is 0 Å². The lowest BCUT2D eigenvalue weighted by Gasteiger charge is -2.25. The van der Waals surface area contributed by atoms with Crippen LogP contribution in [0.1, 0.15) is 76.0 Å². The summed E-state index contributed by atoms with van der Waals surface area (Å²) in [5.41, 5.74) is 3.05. The quantitative estimate of drug-likeness (QED) is 0.512. The first kappa shape index (κ1) is 23.3. The van der Waals surface area contributed by atoms with E-state index < -0.39 is 27.9 Å². The monoisotopic (exact) mass is 424 g/mol. The number of methoxy groups -OCH3 is 1. The molecule has 2 unspecified atom stereocenters. The van der Waals surface area contributed by atoms with Gasteiger partial charge in [-0.05, 0) is 40.5 Å². The Morgan fingerprint density at radius 1 is 1.07 bits per heavy atom. The molecule has 29 heavy (non-hydrogen) atoms. The van der Waals surface area contributed by atoms with Crippen molar-refractivity contribution in [3.63, 3.8) is 0 Å². The molecule has 0 saturated carbocycles. The summed E-state index contributed by atoms with van der Waals surface area (Å²) < 4.78 is 32.3. The van der Waals surface area contributed by atoms with Crippen LogP contribution < -0.4 is 5.32 Å². The summed E-state index contributed by atoms with van der Waals surface area (Å²) in [6.07, 6.45) is 0. The molecule has 2 rings (SSSR count). The highest BCUT2D eigenvalue weighted by atomic mass is 32.2. The van der Waals surface area contributed by atoms with Gasteiger partial charge in [0.15, 0.2) is 0 Å². The minimum atomic E-state index is -3.82. The highest BCUT2D eigenvalue weighted by Crippen LogP contribution is 2.40. The van der Waals surface area contributed by atoms with E-state index >= 15 is 0 Å².